The Morgan fingerprint density at radius 3 is 2.79 bits per heavy atom. The quantitative estimate of drug-likeness (QED) is 0.169. The van der Waals surface area contributed by atoms with Crippen LogP contribution in [0.5, 0.6) is 0 Å². The number of H-pyrrole nitrogens is 1. The van der Waals surface area contributed by atoms with Crippen LogP contribution in [0.2, 0.25) is 0 Å². The fourth-order valence-corrected chi connectivity index (χ4v) is 5.58. The number of hydrogen-bond donors (Lipinski definition) is 3. The largest absolute Gasteiger partial charge is 0.378 e. The molecule has 6 rings (SSSR count). The van der Waals surface area contributed by atoms with Crippen molar-refractivity contribution in [3.05, 3.63) is 66.4 Å². The van der Waals surface area contributed by atoms with E-state index in [4.69, 9.17) is 19.9 Å². The van der Waals surface area contributed by atoms with Crippen LogP contribution >= 0.6 is 11.3 Å². The second-order valence-electron chi connectivity index (χ2n) is 8.87. The van der Waals surface area contributed by atoms with E-state index < -0.39 is 5.91 Å². The lowest BCUT2D eigenvalue weighted by Crippen LogP contribution is -2.36. The summed E-state index contributed by atoms with van der Waals surface area (Å²) in [6.45, 7) is 2.87. The van der Waals surface area contributed by atoms with Crippen molar-refractivity contribution in [3.8, 4) is 11.4 Å². The SMILES string of the molecule is CN(c1ccc(/C=C/C(=O)NO)cc1)c1cc2nc(-c3cccc4[nH]ncc34)nc(N3CCOCC3)c2s1. The van der Waals surface area contributed by atoms with Crippen molar-refractivity contribution in [2.45, 2.75) is 0 Å². The zero-order valence-corrected chi connectivity index (χ0v) is 21.4. The summed E-state index contributed by atoms with van der Waals surface area (Å²) in [4.78, 5) is 25.7. The number of anilines is 3. The van der Waals surface area contributed by atoms with E-state index in [1.54, 1.807) is 22.9 Å². The lowest BCUT2D eigenvalue weighted by atomic mass is 10.1. The van der Waals surface area contributed by atoms with Crippen LogP contribution in [0.25, 0.3) is 38.6 Å². The first-order valence-corrected chi connectivity index (χ1v) is 12.9. The number of rotatable bonds is 6. The van der Waals surface area contributed by atoms with Crippen LogP contribution in [0, 0.1) is 0 Å². The fourth-order valence-electron chi connectivity index (χ4n) is 4.49. The normalized spacial score (nSPS) is 14.0. The third-order valence-corrected chi connectivity index (χ3v) is 7.72. The molecule has 3 N–H and O–H groups in total. The number of carbonyl (C=O) groups excluding carboxylic acids is 1. The van der Waals surface area contributed by atoms with E-state index in [1.807, 2.05) is 55.7 Å². The Morgan fingerprint density at radius 1 is 1.18 bits per heavy atom. The summed E-state index contributed by atoms with van der Waals surface area (Å²) in [5.74, 6) is 1.01. The van der Waals surface area contributed by atoms with Gasteiger partial charge in [-0.2, -0.15) is 5.10 Å². The molecule has 5 aromatic rings. The van der Waals surface area contributed by atoms with Crippen LogP contribution in [-0.2, 0) is 9.53 Å². The summed E-state index contributed by atoms with van der Waals surface area (Å²) in [6, 6.07) is 15.9. The highest BCUT2D eigenvalue weighted by Gasteiger charge is 2.22. The molecule has 0 unspecified atom stereocenters. The number of hydrogen-bond acceptors (Lipinski definition) is 9. The van der Waals surface area contributed by atoms with Gasteiger partial charge in [0, 0.05) is 42.9 Å². The van der Waals surface area contributed by atoms with E-state index in [1.165, 1.54) is 6.08 Å². The van der Waals surface area contributed by atoms with Gasteiger partial charge in [0.2, 0.25) is 0 Å². The number of hydroxylamine groups is 1. The first-order valence-electron chi connectivity index (χ1n) is 12.1. The van der Waals surface area contributed by atoms with E-state index in [-0.39, 0.29) is 0 Å². The number of ether oxygens (including phenoxy) is 1. The van der Waals surface area contributed by atoms with Gasteiger partial charge in [-0.15, -0.1) is 11.3 Å². The minimum atomic E-state index is -0.572. The van der Waals surface area contributed by atoms with Gasteiger partial charge >= 0.3 is 0 Å². The molecule has 0 spiro atoms. The number of nitrogens with zero attached hydrogens (tertiary/aromatic N) is 5. The van der Waals surface area contributed by atoms with Crippen molar-refractivity contribution in [2.24, 2.45) is 0 Å². The highest BCUT2D eigenvalue weighted by atomic mass is 32.1. The second kappa shape index (κ2) is 10.2. The summed E-state index contributed by atoms with van der Waals surface area (Å²) in [5, 5.41) is 17.9. The Morgan fingerprint density at radius 2 is 2.00 bits per heavy atom. The molecule has 11 heteroatoms. The van der Waals surface area contributed by atoms with Crippen LogP contribution in [0.15, 0.2) is 60.8 Å². The molecule has 1 fully saturated rings. The van der Waals surface area contributed by atoms with Crippen LogP contribution in [0.4, 0.5) is 16.5 Å². The molecule has 0 bridgehead atoms. The van der Waals surface area contributed by atoms with Crippen molar-refractivity contribution in [2.75, 3.05) is 43.2 Å². The molecule has 38 heavy (non-hydrogen) atoms. The van der Waals surface area contributed by atoms with Crippen LogP contribution in [0.1, 0.15) is 5.56 Å². The minimum Gasteiger partial charge on any atom is -0.378 e. The van der Waals surface area contributed by atoms with Crippen molar-refractivity contribution < 1.29 is 14.7 Å². The summed E-state index contributed by atoms with van der Waals surface area (Å²) < 4.78 is 6.64. The molecule has 1 aliphatic heterocycles. The van der Waals surface area contributed by atoms with Gasteiger partial charge in [0.25, 0.3) is 5.91 Å². The number of aromatic nitrogens is 4. The highest BCUT2D eigenvalue weighted by molar-refractivity contribution is 7.23. The maximum atomic E-state index is 11.3. The summed E-state index contributed by atoms with van der Waals surface area (Å²) in [5.41, 5.74) is 6.20. The van der Waals surface area contributed by atoms with Gasteiger partial charge in [0.15, 0.2) is 11.6 Å². The van der Waals surface area contributed by atoms with Gasteiger partial charge in [-0.05, 0) is 35.9 Å². The van der Waals surface area contributed by atoms with Gasteiger partial charge in [-0.1, -0.05) is 24.3 Å². The molecule has 3 aromatic heterocycles. The maximum absolute atomic E-state index is 11.3. The van der Waals surface area contributed by atoms with Gasteiger partial charge in [0.05, 0.1) is 40.1 Å². The lowest BCUT2D eigenvalue weighted by Gasteiger charge is -2.28. The first kappa shape index (κ1) is 24.0. The number of thiophene rings is 1. The molecule has 1 aliphatic rings. The van der Waals surface area contributed by atoms with Crippen molar-refractivity contribution >= 4 is 60.9 Å². The zero-order chi connectivity index (χ0) is 26.1. The summed E-state index contributed by atoms with van der Waals surface area (Å²) in [7, 11) is 2.02. The molecule has 10 nitrogen and oxygen atoms in total. The van der Waals surface area contributed by atoms with Crippen LogP contribution < -0.4 is 15.3 Å². The van der Waals surface area contributed by atoms with E-state index in [0.717, 1.165) is 61.8 Å². The topological polar surface area (TPSA) is 120 Å². The fraction of sp³-hybridized carbons (Fsp3) is 0.185. The number of benzene rings is 2. The Kier molecular flexibility index (Phi) is 6.46. The van der Waals surface area contributed by atoms with E-state index in [2.05, 4.69) is 26.1 Å². The number of nitrogens with one attached hydrogen (secondary N) is 2. The Hall–Kier alpha value is -4.32. The summed E-state index contributed by atoms with van der Waals surface area (Å²) in [6.07, 6.45) is 4.73. The van der Waals surface area contributed by atoms with Gasteiger partial charge in [0.1, 0.15) is 0 Å². The second-order valence-corrected chi connectivity index (χ2v) is 9.90. The Balaban J connectivity index is 1.40. The standard InChI is InChI=1S/C27H25N7O3S/c1-33(18-8-5-17(6-9-18)7-10-23(35)32-36)24-15-22-25(38-24)27(34-11-13-37-14-12-34)30-26(29-22)19-3-2-4-21-20(19)16-28-31-21/h2-10,15-16,36H,11-14H2,1H3,(H,28,31)(H,32,35)/b10-7+. The van der Waals surface area contributed by atoms with Crippen LogP contribution in [0.3, 0.4) is 0 Å². The number of amides is 1. The third kappa shape index (κ3) is 4.58. The predicted molar refractivity (Wildman–Crippen MR) is 149 cm³/mol. The molecule has 0 radical (unpaired) electrons. The van der Waals surface area contributed by atoms with Crippen molar-refractivity contribution in [1.29, 1.82) is 0 Å². The molecule has 2 aromatic carbocycles. The molecule has 4 heterocycles. The number of fused-ring (bicyclic) bond motifs is 2. The zero-order valence-electron chi connectivity index (χ0n) is 20.6. The lowest BCUT2D eigenvalue weighted by molar-refractivity contribution is -0.124. The number of carbonyl (C=O) groups is 1. The monoisotopic (exact) mass is 527 g/mol. The molecule has 1 amide bonds. The molecule has 1 saturated heterocycles. The molecule has 0 aliphatic carbocycles. The number of aromatic amines is 1. The minimum absolute atomic E-state index is 0.572. The van der Waals surface area contributed by atoms with Gasteiger partial charge < -0.3 is 14.5 Å². The Bertz CT molecular complexity index is 1640. The van der Waals surface area contributed by atoms with E-state index in [9.17, 15) is 4.79 Å². The predicted octanol–water partition coefficient (Wildman–Crippen LogP) is 4.36. The maximum Gasteiger partial charge on any atom is 0.267 e. The molecule has 0 atom stereocenters. The Labute approximate surface area is 222 Å². The van der Waals surface area contributed by atoms with E-state index >= 15 is 0 Å². The molecule has 0 saturated carbocycles. The van der Waals surface area contributed by atoms with Gasteiger partial charge in [-0.3, -0.25) is 15.1 Å². The molecule has 192 valence electrons. The molecular formula is C27H25N7O3S. The summed E-state index contributed by atoms with van der Waals surface area (Å²) >= 11 is 1.66. The van der Waals surface area contributed by atoms with Crippen molar-refractivity contribution in [3.63, 3.8) is 0 Å². The van der Waals surface area contributed by atoms with Gasteiger partial charge in [-0.25, -0.2) is 15.4 Å². The third-order valence-electron chi connectivity index (χ3n) is 6.53. The van der Waals surface area contributed by atoms with E-state index in [0.29, 0.717) is 19.0 Å². The molecular weight excluding hydrogens is 502 g/mol. The highest BCUT2D eigenvalue weighted by Crippen LogP contribution is 2.40. The van der Waals surface area contributed by atoms with Crippen LogP contribution in [-0.4, -0.2) is 64.6 Å². The average Bonchev–Trinajstić information content (AvgIpc) is 3.63. The average molecular weight is 528 g/mol. The smallest absolute Gasteiger partial charge is 0.267 e. The van der Waals surface area contributed by atoms with Crippen molar-refractivity contribution in [1.82, 2.24) is 25.6 Å². The number of morpholine rings is 1. The first-order chi connectivity index (χ1) is 18.6.